The maximum atomic E-state index is 6.17. The molecule has 1 heterocycles. The van der Waals surface area contributed by atoms with Crippen LogP contribution in [-0.2, 0) is 5.54 Å². The van der Waals surface area contributed by atoms with Crippen molar-refractivity contribution in [2.75, 3.05) is 0 Å². The Morgan fingerprint density at radius 1 is 1.43 bits per heavy atom. The summed E-state index contributed by atoms with van der Waals surface area (Å²) in [5.41, 5.74) is 5.76. The predicted octanol–water partition coefficient (Wildman–Crippen LogP) is 1.92. The summed E-state index contributed by atoms with van der Waals surface area (Å²) in [6.45, 7) is 4.10. The van der Waals surface area contributed by atoms with Crippen molar-refractivity contribution in [1.29, 1.82) is 0 Å². The van der Waals surface area contributed by atoms with Gasteiger partial charge >= 0.3 is 0 Å². The first kappa shape index (κ1) is 9.65. The van der Waals surface area contributed by atoms with E-state index in [-0.39, 0.29) is 0 Å². The van der Waals surface area contributed by atoms with E-state index < -0.39 is 5.54 Å². The minimum Gasteiger partial charge on any atom is -0.339 e. The third-order valence-corrected chi connectivity index (χ3v) is 3.08. The van der Waals surface area contributed by atoms with E-state index in [4.69, 9.17) is 10.3 Å². The summed E-state index contributed by atoms with van der Waals surface area (Å²) < 4.78 is 5.20. The van der Waals surface area contributed by atoms with Gasteiger partial charge in [0.25, 0.3) is 0 Å². The fourth-order valence-electron chi connectivity index (χ4n) is 1.50. The highest BCUT2D eigenvalue weighted by Crippen LogP contribution is 2.39. The van der Waals surface area contributed by atoms with Gasteiger partial charge in [0.15, 0.2) is 5.82 Å². The summed E-state index contributed by atoms with van der Waals surface area (Å²) >= 11 is 0. The fourth-order valence-corrected chi connectivity index (χ4v) is 1.50. The lowest BCUT2D eigenvalue weighted by Crippen LogP contribution is -2.36. The monoisotopic (exact) mass is 195 g/mol. The van der Waals surface area contributed by atoms with Crippen molar-refractivity contribution in [2.24, 2.45) is 5.73 Å². The van der Waals surface area contributed by atoms with E-state index >= 15 is 0 Å². The number of hydrogen-bond donors (Lipinski definition) is 1. The molecule has 78 valence electrons. The second-order valence-electron chi connectivity index (χ2n) is 4.09. The average molecular weight is 195 g/mol. The lowest BCUT2D eigenvalue weighted by molar-refractivity contribution is 0.335. The summed E-state index contributed by atoms with van der Waals surface area (Å²) in [5.74, 6) is 1.95. The smallest absolute Gasteiger partial charge is 0.229 e. The van der Waals surface area contributed by atoms with Gasteiger partial charge in [-0.15, -0.1) is 0 Å². The molecule has 0 bridgehead atoms. The molecule has 2 rings (SSSR count). The molecule has 1 fully saturated rings. The van der Waals surface area contributed by atoms with E-state index in [1.807, 2.05) is 0 Å². The molecule has 1 aliphatic carbocycles. The van der Waals surface area contributed by atoms with Gasteiger partial charge in [-0.2, -0.15) is 4.98 Å². The van der Waals surface area contributed by atoms with Gasteiger partial charge in [0.05, 0.1) is 5.54 Å². The van der Waals surface area contributed by atoms with Crippen LogP contribution in [0.25, 0.3) is 0 Å². The second kappa shape index (κ2) is 3.35. The van der Waals surface area contributed by atoms with Gasteiger partial charge in [0, 0.05) is 5.92 Å². The molecule has 0 radical (unpaired) electrons. The summed E-state index contributed by atoms with van der Waals surface area (Å²) in [7, 11) is 0. The van der Waals surface area contributed by atoms with Crippen molar-refractivity contribution in [3.05, 3.63) is 11.7 Å². The molecule has 0 spiro atoms. The van der Waals surface area contributed by atoms with E-state index in [2.05, 4.69) is 24.0 Å². The van der Waals surface area contributed by atoms with Gasteiger partial charge in [0.1, 0.15) is 0 Å². The molecule has 0 atom stereocenters. The first-order valence-electron chi connectivity index (χ1n) is 5.32. The van der Waals surface area contributed by atoms with Crippen molar-refractivity contribution in [3.8, 4) is 0 Å². The molecule has 1 saturated carbocycles. The molecule has 0 saturated heterocycles. The molecule has 2 N–H and O–H groups in total. The van der Waals surface area contributed by atoms with Crippen molar-refractivity contribution < 1.29 is 4.52 Å². The van der Waals surface area contributed by atoms with Crippen molar-refractivity contribution in [3.63, 3.8) is 0 Å². The minimum absolute atomic E-state index is 0.406. The van der Waals surface area contributed by atoms with Crippen molar-refractivity contribution in [1.82, 2.24) is 10.1 Å². The number of aromatic nitrogens is 2. The zero-order valence-electron chi connectivity index (χ0n) is 8.79. The predicted molar refractivity (Wildman–Crippen MR) is 52.7 cm³/mol. The number of nitrogens with zero attached hydrogens (tertiary/aromatic N) is 2. The van der Waals surface area contributed by atoms with Crippen LogP contribution in [0.15, 0.2) is 4.52 Å². The van der Waals surface area contributed by atoms with E-state index in [1.165, 1.54) is 12.8 Å². The van der Waals surface area contributed by atoms with Crippen LogP contribution in [0.3, 0.4) is 0 Å². The average Bonchev–Trinajstić information content (AvgIpc) is 2.95. The highest BCUT2D eigenvalue weighted by molar-refractivity contribution is 5.07. The van der Waals surface area contributed by atoms with Crippen LogP contribution in [0.1, 0.15) is 57.2 Å². The zero-order valence-corrected chi connectivity index (χ0v) is 8.79. The Morgan fingerprint density at radius 3 is 2.57 bits per heavy atom. The molecule has 0 amide bonds. The summed E-state index contributed by atoms with van der Waals surface area (Å²) in [5, 5.41) is 3.98. The maximum absolute atomic E-state index is 6.17. The third kappa shape index (κ3) is 1.54. The van der Waals surface area contributed by atoms with Crippen LogP contribution in [-0.4, -0.2) is 10.1 Å². The Hall–Kier alpha value is -0.900. The summed E-state index contributed by atoms with van der Waals surface area (Å²) in [6, 6.07) is 0. The number of rotatable bonds is 4. The Bertz CT molecular complexity index is 313. The summed E-state index contributed by atoms with van der Waals surface area (Å²) in [4.78, 5) is 4.38. The first-order chi connectivity index (χ1) is 6.69. The Morgan fingerprint density at radius 2 is 2.07 bits per heavy atom. The van der Waals surface area contributed by atoms with Gasteiger partial charge < -0.3 is 10.3 Å². The van der Waals surface area contributed by atoms with E-state index in [0.717, 1.165) is 18.7 Å². The molecule has 1 aliphatic rings. The van der Waals surface area contributed by atoms with E-state index in [0.29, 0.717) is 11.7 Å². The molecule has 1 aromatic heterocycles. The first-order valence-corrected chi connectivity index (χ1v) is 5.32. The Balaban J connectivity index is 2.21. The molecule has 4 nitrogen and oxygen atoms in total. The van der Waals surface area contributed by atoms with Crippen LogP contribution in [0.4, 0.5) is 0 Å². The Labute approximate surface area is 83.9 Å². The zero-order chi connectivity index (χ0) is 10.2. The van der Waals surface area contributed by atoms with Gasteiger partial charge in [-0.3, -0.25) is 0 Å². The maximum Gasteiger partial charge on any atom is 0.229 e. The van der Waals surface area contributed by atoms with E-state index in [9.17, 15) is 0 Å². The molecule has 0 unspecified atom stereocenters. The normalized spacial score (nSPS) is 17.4. The molecule has 14 heavy (non-hydrogen) atoms. The number of hydrogen-bond acceptors (Lipinski definition) is 4. The van der Waals surface area contributed by atoms with Crippen LogP contribution >= 0.6 is 0 Å². The minimum atomic E-state index is -0.406. The quantitative estimate of drug-likeness (QED) is 0.797. The molecule has 0 aliphatic heterocycles. The largest absolute Gasteiger partial charge is 0.339 e. The molecular weight excluding hydrogens is 178 g/mol. The fraction of sp³-hybridized carbons (Fsp3) is 0.800. The summed E-state index contributed by atoms with van der Waals surface area (Å²) in [6.07, 6.45) is 4.04. The highest BCUT2D eigenvalue weighted by atomic mass is 16.5. The topological polar surface area (TPSA) is 64.9 Å². The van der Waals surface area contributed by atoms with Crippen LogP contribution < -0.4 is 5.73 Å². The van der Waals surface area contributed by atoms with Crippen LogP contribution in [0.2, 0.25) is 0 Å². The van der Waals surface area contributed by atoms with Crippen LogP contribution in [0, 0.1) is 0 Å². The SMILES string of the molecule is CCC(N)(CC)c1noc(C2CC2)n1. The molecule has 4 heteroatoms. The standard InChI is InChI=1S/C10H17N3O/c1-3-10(11,4-2)9-12-8(14-13-9)7-5-6-7/h7H,3-6,11H2,1-2H3. The molecular formula is C10H17N3O. The van der Waals surface area contributed by atoms with Crippen molar-refractivity contribution >= 4 is 0 Å². The third-order valence-electron chi connectivity index (χ3n) is 3.08. The van der Waals surface area contributed by atoms with Gasteiger partial charge in [-0.1, -0.05) is 19.0 Å². The molecule has 1 aromatic rings. The Kier molecular flexibility index (Phi) is 2.31. The lowest BCUT2D eigenvalue weighted by Gasteiger charge is -2.21. The van der Waals surface area contributed by atoms with Crippen LogP contribution in [0.5, 0.6) is 0 Å². The highest BCUT2D eigenvalue weighted by Gasteiger charge is 2.34. The second-order valence-corrected chi connectivity index (χ2v) is 4.09. The van der Waals surface area contributed by atoms with Gasteiger partial charge in [0.2, 0.25) is 5.89 Å². The van der Waals surface area contributed by atoms with E-state index in [1.54, 1.807) is 0 Å². The van der Waals surface area contributed by atoms with Gasteiger partial charge in [-0.05, 0) is 25.7 Å². The van der Waals surface area contributed by atoms with Crippen molar-refractivity contribution in [2.45, 2.75) is 51.0 Å². The van der Waals surface area contributed by atoms with Gasteiger partial charge in [-0.25, -0.2) is 0 Å². The molecule has 0 aromatic carbocycles. The number of nitrogens with two attached hydrogens (primary N) is 1. The lowest BCUT2D eigenvalue weighted by atomic mass is 9.93.